The van der Waals surface area contributed by atoms with Crippen molar-refractivity contribution in [3.05, 3.63) is 80.8 Å². The van der Waals surface area contributed by atoms with Gasteiger partial charge in [-0.15, -0.1) is 0 Å². The van der Waals surface area contributed by atoms with E-state index in [1.807, 2.05) is 0 Å². The van der Waals surface area contributed by atoms with Gasteiger partial charge in [-0.1, -0.05) is 40.9 Å². The van der Waals surface area contributed by atoms with E-state index in [4.69, 9.17) is 39.5 Å². The van der Waals surface area contributed by atoms with Crippen LogP contribution in [0, 0.1) is 0 Å². The van der Waals surface area contributed by atoms with Crippen molar-refractivity contribution in [2.45, 2.75) is 6.18 Å². The van der Waals surface area contributed by atoms with Crippen molar-refractivity contribution >= 4 is 46.4 Å². The summed E-state index contributed by atoms with van der Waals surface area (Å²) in [5, 5.41) is 12.6. The van der Waals surface area contributed by atoms with Crippen molar-refractivity contribution in [1.82, 2.24) is 0 Å². The van der Waals surface area contributed by atoms with E-state index in [1.165, 1.54) is 42.5 Å². The molecule has 0 atom stereocenters. The second kappa shape index (κ2) is 8.63. The third-order valence-electron chi connectivity index (χ3n) is 3.85. The maximum atomic E-state index is 12.8. The van der Waals surface area contributed by atoms with Crippen molar-refractivity contribution in [2.24, 2.45) is 0 Å². The van der Waals surface area contributed by atoms with Crippen LogP contribution in [0.25, 0.3) is 0 Å². The van der Waals surface area contributed by atoms with E-state index in [9.17, 15) is 23.1 Å². The number of amides is 1. The predicted octanol–water partition coefficient (Wildman–Crippen LogP) is 7.42. The van der Waals surface area contributed by atoms with Crippen LogP contribution in [0.1, 0.15) is 15.9 Å². The smallest absolute Gasteiger partial charge is 0.416 e. The summed E-state index contributed by atoms with van der Waals surface area (Å²) in [6.45, 7) is 0. The van der Waals surface area contributed by atoms with E-state index in [2.05, 4.69) is 5.32 Å². The third-order valence-corrected chi connectivity index (χ3v) is 4.65. The highest BCUT2D eigenvalue weighted by Crippen LogP contribution is 2.36. The molecule has 30 heavy (non-hydrogen) atoms. The summed E-state index contributed by atoms with van der Waals surface area (Å²) in [4.78, 5) is 12.4. The molecule has 0 spiro atoms. The number of nitrogens with one attached hydrogen (secondary N) is 1. The molecule has 0 radical (unpaired) electrons. The van der Waals surface area contributed by atoms with Crippen LogP contribution in [-0.2, 0) is 6.18 Å². The number of phenolic OH excluding ortho intramolecular Hbond substituents is 1. The molecule has 1 amide bonds. The van der Waals surface area contributed by atoms with Crippen molar-refractivity contribution in [3.63, 3.8) is 0 Å². The molecule has 0 heterocycles. The van der Waals surface area contributed by atoms with Crippen LogP contribution >= 0.6 is 34.8 Å². The number of phenols is 1. The number of benzene rings is 3. The first-order chi connectivity index (χ1) is 14.0. The van der Waals surface area contributed by atoms with Crippen molar-refractivity contribution in [2.75, 3.05) is 5.32 Å². The van der Waals surface area contributed by atoms with Gasteiger partial charge in [0.15, 0.2) is 0 Å². The standard InChI is InChI=1S/C20H11Cl3F3NO3/c21-11-7-14(18(28)16(23)8-11)19(29)27-12-4-5-17(15(22)9-12)30-13-3-1-2-10(6-13)20(24,25)26/h1-9,28H,(H,27,29). The molecule has 0 bridgehead atoms. The lowest BCUT2D eigenvalue weighted by atomic mass is 10.1. The number of halogens is 6. The molecular formula is C20H11Cl3F3NO3. The average molecular weight is 477 g/mol. The fourth-order valence-corrected chi connectivity index (χ4v) is 3.17. The number of alkyl halides is 3. The van der Waals surface area contributed by atoms with E-state index >= 15 is 0 Å². The van der Waals surface area contributed by atoms with Gasteiger partial charge in [0.25, 0.3) is 5.91 Å². The fourth-order valence-electron chi connectivity index (χ4n) is 2.46. The van der Waals surface area contributed by atoms with Gasteiger partial charge in [-0.3, -0.25) is 4.79 Å². The second-order valence-corrected chi connectivity index (χ2v) is 7.26. The molecule has 0 aromatic heterocycles. The van der Waals surface area contributed by atoms with Crippen molar-refractivity contribution in [3.8, 4) is 17.2 Å². The van der Waals surface area contributed by atoms with Crippen LogP contribution in [0.5, 0.6) is 17.2 Å². The summed E-state index contributed by atoms with van der Waals surface area (Å²) in [5.74, 6) is -1.10. The Bertz CT molecular complexity index is 1120. The molecule has 10 heteroatoms. The summed E-state index contributed by atoms with van der Waals surface area (Å²) >= 11 is 17.8. The number of hydrogen-bond acceptors (Lipinski definition) is 3. The molecule has 156 valence electrons. The van der Waals surface area contributed by atoms with Crippen LogP contribution in [-0.4, -0.2) is 11.0 Å². The molecule has 0 saturated carbocycles. The zero-order valence-electron chi connectivity index (χ0n) is 14.7. The normalized spacial score (nSPS) is 11.3. The maximum absolute atomic E-state index is 12.8. The van der Waals surface area contributed by atoms with E-state index in [0.717, 1.165) is 12.1 Å². The Kier molecular flexibility index (Phi) is 6.36. The highest BCUT2D eigenvalue weighted by Gasteiger charge is 2.30. The molecule has 0 aliphatic heterocycles. The first-order valence-electron chi connectivity index (χ1n) is 8.18. The monoisotopic (exact) mass is 475 g/mol. The van der Waals surface area contributed by atoms with Gasteiger partial charge in [-0.05, 0) is 48.5 Å². The number of carbonyl (C=O) groups is 1. The minimum atomic E-state index is -4.51. The first kappa shape index (κ1) is 22.1. The molecule has 4 nitrogen and oxygen atoms in total. The largest absolute Gasteiger partial charge is 0.506 e. The highest BCUT2D eigenvalue weighted by atomic mass is 35.5. The van der Waals surface area contributed by atoms with E-state index < -0.39 is 23.4 Å². The van der Waals surface area contributed by atoms with Gasteiger partial charge >= 0.3 is 6.18 Å². The summed E-state index contributed by atoms with van der Waals surface area (Å²) in [5.41, 5.74) is -0.759. The van der Waals surface area contributed by atoms with Gasteiger partial charge in [-0.25, -0.2) is 0 Å². The molecule has 0 fully saturated rings. The first-order valence-corrected chi connectivity index (χ1v) is 9.32. The van der Waals surface area contributed by atoms with E-state index in [1.54, 1.807) is 0 Å². The average Bonchev–Trinajstić information content (AvgIpc) is 2.66. The molecule has 0 unspecified atom stereocenters. The number of anilines is 1. The summed E-state index contributed by atoms with van der Waals surface area (Å²) < 4.78 is 43.9. The maximum Gasteiger partial charge on any atom is 0.416 e. The molecule has 0 saturated heterocycles. The quantitative estimate of drug-likeness (QED) is 0.412. The van der Waals surface area contributed by atoms with Crippen LogP contribution in [0.2, 0.25) is 15.1 Å². The molecule has 3 aromatic rings. The number of hydrogen-bond donors (Lipinski definition) is 2. The Balaban J connectivity index is 1.79. The van der Waals surface area contributed by atoms with Gasteiger partial charge in [0.05, 0.1) is 21.2 Å². The van der Waals surface area contributed by atoms with Gasteiger partial charge in [0.1, 0.15) is 17.2 Å². The Morgan fingerprint density at radius 3 is 2.37 bits per heavy atom. The van der Waals surface area contributed by atoms with Crippen molar-refractivity contribution < 1.29 is 27.8 Å². The Morgan fingerprint density at radius 1 is 0.967 bits per heavy atom. The zero-order chi connectivity index (χ0) is 22.1. The molecular weight excluding hydrogens is 466 g/mol. The van der Waals surface area contributed by atoms with Crippen LogP contribution < -0.4 is 10.1 Å². The van der Waals surface area contributed by atoms with Crippen LogP contribution in [0.4, 0.5) is 18.9 Å². The Labute approximate surface area is 183 Å². The van der Waals surface area contributed by atoms with Crippen molar-refractivity contribution in [1.29, 1.82) is 0 Å². The number of carbonyl (C=O) groups excluding carboxylic acids is 1. The van der Waals surface area contributed by atoms with Gasteiger partial charge < -0.3 is 15.2 Å². The lowest BCUT2D eigenvalue weighted by Crippen LogP contribution is -2.12. The van der Waals surface area contributed by atoms with Crippen LogP contribution in [0.3, 0.4) is 0 Å². The lowest BCUT2D eigenvalue weighted by Gasteiger charge is -2.12. The molecule has 3 rings (SSSR count). The Hall–Kier alpha value is -2.61. The Morgan fingerprint density at radius 2 is 1.70 bits per heavy atom. The minimum absolute atomic E-state index is 0.0403. The van der Waals surface area contributed by atoms with E-state index in [0.29, 0.717) is 0 Å². The third kappa shape index (κ3) is 5.11. The minimum Gasteiger partial charge on any atom is -0.506 e. The number of ether oxygens (including phenoxy) is 1. The number of rotatable bonds is 4. The van der Waals surface area contributed by atoms with Crippen LogP contribution in [0.15, 0.2) is 54.6 Å². The zero-order valence-corrected chi connectivity index (χ0v) is 17.0. The topological polar surface area (TPSA) is 58.6 Å². The van der Waals surface area contributed by atoms with E-state index in [-0.39, 0.29) is 37.8 Å². The molecule has 0 aliphatic rings. The molecule has 0 aliphatic carbocycles. The SMILES string of the molecule is O=C(Nc1ccc(Oc2cccc(C(F)(F)F)c2)c(Cl)c1)c1cc(Cl)cc(Cl)c1O. The van der Waals surface area contributed by atoms with Gasteiger partial charge in [0, 0.05) is 10.7 Å². The summed E-state index contributed by atoms with van der Waals surface area (Å²) in [6, 6.07) is 11.0. The molecule has 3 aromatic carbocycles. The fraction of sp³-hybridized carbons (Fsp3) is 0.0500. The number of aromatic hydroxyl groups is 1. The predicted molar refractivity (Wildman–Crippen MR) is 109 cm³/mol. The second-order valence-electron chi connectivity index (χ2n) is 6.01. The lowest BCUT2D eigenvalue weighted by molar-refractivity contribution is -0.137. The summed E-state index contributed by atoms with van der Waals surface area (Å²) in [6.07, 6.45) is -4.51. The van der Waals surface area contributed by atoms with Gasteiger partial charge in [0.2, 0.25) is 0 Å². The highest BCUT2D eigenvalue weighted by molar-refractivity contribution is 6.36. The summed E-state index contributed by atoms with van der Waals surface area (Å²) in [7, 11) is 0. The molecule has 2 N–H and O–H groups in total. The van der Waals surface area contributed by atoms with Gasteiger partial charge in [-0.2, -0.15) is 13.2 Å².